The van der Waals surface area contributed by atoms with Gasteiger partial charge in [-0.15, -0.1) is 0 Å². The summed E-state index contributed by atoms with van der Waals surface area (Å²) in [7, 11) is 1.51. The predicted octanol–water partition coefficient (Wildman–Crippen LogP) is 3.89. The summed E-state index contributed by atoms with van der Waals surface area (Å²) >= 11 is 6.73. The van der Waals surface area contributed by atoms with Gasteiger partial charge in [-0.2, -0.15) is 0 Å². The number of likely N-dealkylation sites (N-methyl/N-ethyl adjacent to an activating group) is 1. The van der Waals surface area contributed by atoms with Gasteiger partial charge in [0.05, 0.1) is 27.9 Å². The molecule has 1 aliphatic rings. The van der Waals surface area contributed by atoms with E-state index in [0.717, 1.165) is 24.0 Å². The highest BCUT2D eigenvalue weighted by Crippen LogP contribution is 2.37. The lowest BCUT2D eigenvalue weighted by Crippen LogP contribution is -2.34. The van der Waals surface area contributed by atoms with E-state index in [9.17, 15) is 14.4 Å². The van der Waals surface area contributed by atoms with E-state index in [0.29, 0.717) is 51.7 Å². The van der Waals surface area contributed by atoms with Crippen molar-refractivity contribution in [2.45, 2.75) is 39.7 Å². The van der Waals surface area contributed by atoms with Crippen molar-refractivity contribution >= 4 is 51.9 Å². The van der Waals surface area contributed by atoms with Crippen molar-refractivity contribution in [2.24, 2.45) is 10.7 Å². The number of aliphatic imine (C=N–C) groups is 1. The first-order valence-corrected chi connectivity index (χ1v) is 13.0. The number of hydrogen-bond acceptors (Lipinski definition) is 6. The summed E-state index contributed by atoms with van der Waals surface area (Å²) in [5.74, 6) is -0.00413. The van der Waals surface area contributed by atoms with Gasteiger partial charge in [-0.1, -0.05) is 31.5 Å². The molecule has 0 fully saturated rings. The Hall–Kier alpha value is -3.98. The summed E-state index contributed by atoms with van der Waals surface area (Å²) in [6, 6.07) is 8.95. The normalized spacial score (nSPS) is 12.8. The Bertz CT molecular complexity index is 1520. The predicted molar refractivity (Wildman–Crippen MR) is 152 cm³/mol. The number of hydrogen-bond donors (Lipinski definition) is 2. The molecule has 10 heteroatoms. The minimum Gasteiger partial charge on any atom is -0.387 e. The molecule has 38 heavy (non-hydrogen) atoms. The van der Waals surface area contributed by atoms with Crippen LogP contribution in [0.15, 0.2) is 52.0 Å². The van der Waals surface area contributed by atoms with Gasteiger partial charge in [0, 0.05) is 37.7 Å². The molecule has 0 saturated heterocycles. The minimum absolute atomic E-state index is 0.0532. The average Bonchev–Trinajstić information content (AvgIpc) is 3.07. The van der Waals surface area contributed by atoms with Crippen LogP contribution >= 0.6 is 11.6 Å². The topological polar surface area (TPSA) is 123 Å². The highest BCUT2D eigenvalue weighted by molar-refractivity contribution is 6.33. The summed E-state index contributed by atoms with van der Waals surface area (Å²) in [6.07, 6.45) is 5.13. The van der Waals surface area contributed by atoms with E-state index in [1.807, 2.05) is 24.8 Å². The van der Waals surface area contributed by atoms with Crippen molar-refractivity contribution in [3.05, 3.63) is 63.2 Å². The van der Waals surface area contributed by atoms with Crippen molar-refractivity contribution in [2.75, 3.05) is 20.1 Å². The molecule has 0 unspecified atom stereocenters. The van der Waals surface area contributed by atoms with Gasteiger partial charge in [-0.25, -0.2) is 9.98 Å². The zero-order valence-corrected chi connectivity index (χ0v) is 22.5. The van der Waals surface area contributed by atoms with Crippen molar-refractivity contribution in [3.63, 3.8) is 0 Å². The molecular formula is C28H31ClN6O3. The summed E-state index contributed by atoms with van der Waals surface area (Å²) in [5.41, 5.74) is 9.75. The van der Waals surface area contributed by atoms with E-state index in [1.54, 1.807) is 30.3 Å². The van der Waals surface area contributed by atoms with Gasteiger partial charge in [0.15, 0.2) is 0 Å². The molecule has 2 heterocycles. The Morgan fingerprint density at radius 2 is 1.87 bits per heavy atom. The third-order valence-corrected chi connectivity index (χ3v) is 6.67. The average molecular weight is 535 g/mol. The van der Waals surface area contributed by atoms with Gasteiger partial charge in [-0.3, -0.25) is 19.0 Å². The van der Waals surface area contributed by atoms with E-state index in [2.05, 4.69) is 15.3 Å². The van der Waals surface area contributed by atoms with Crippen LogP contribution < -0.4 is 16.6 Å². The number of carbonyl (C=O) groups excluding carboxylic acids is 2. The zero-order valence-electron chi connectivity index (χ0n) is 21.8. The summed E-state index contributed by atoms with van der Waals surface area (Å²) in [5, 5.41) is 3.34. The van der Waals surface area contributed by atoms with Gasteiger partial charge < -0.3 is 16.0 Å². The third-order valence-electron chi connectivity index (χ3n) is 6.36. The van der Waals surface area contributed by atoms with Crippen LogP contribution in [0.4, 0.5) is 5.69 Å². The number of fused-ring (bicyclic) bond motifs is 2. The van der Waals surface area contributed by atoms with Crippen LogP contribution in [-0.4, -0.2) is 52.2 Å². The number of nitrogens with one attached hydrogen (secondary N) is 1. The molecule has 198 valence electrons. The zero-order chi connectivity index (χ0) is 27.4. The Kier molecular flexibility index (Phi) is 8.26. The van der Waals surface area contributed by atoms with Gasteiger partial charge >= 0.3 is 0 Å². The third kappa shape index (κ3) is 5.62. The monoisotopic (exact) mass is 534 g/mol. The number of halogens is 1. The lowest BCUT2D eigenvalue weighted by atomic mass is 9.99. The quantitative estimate of drug-likeness (QED) is 0.454. The molecule has 0 bridgehead atoms. The molecule has 9 nitrogen and oxygen atoms in total. The Balaban J connectivity index is 1.73. The van der Waals surface area contributed by atoms with Crippen LogP contribution in [0.2, 0.25) is 5.02 Å². The molecule has 0 radical (unpaired) electrons. The molecule has 0 spiro atoms. The first-order valence-electron chi connectivity index (χ1n) is 12.6. The standard InChI is InChI=1S/C28H31ClN6O3/c1-4-8-34(9-5-2)27(37)19-10-21-22(29)11-18(13-24(21)33-25(30)14-19)17-6-7-20-23(12-17)32-16-35(28(20)38)15-26(36)31-3/h6-7,10-13,16H,4-5,8-9,14-15H2,1-3H3,(H2,30,33)(H,31,36). The summed E-state index contributed by atoms with van der Waals surface area (Å²) in [6.45, 7) is 5.33. The molecule has 2 amide bonds. The molecule has 4 rings (SSSR count). The van der Waals surface area contributed by atoms with Gasteiger partial charge in [0.2, 0.25) is 11.8 Å². The largest absolute Gasteiger partial charge is 0.387 e. The number of carbonyl (C=O) groups is 2. The highest BCUT2D eigenvalue weighted by atomic mass is 35.5. The first kappa shape index (κ1) is 27.1. The number of rotatable bonds is 8. The van der Waals surface area contributed by atoms with E-state index >= 15 is 0 Å². The maximum Gasteiger partial charge on any atom is 0.261 e. The fourth-order valence-corrected chi connectivity index (χ4v) is 4.77. The number of amides is 2. The highest BCUT2D eigenvalue weighted by Gasteiger charge is 2.22. The second kappa shape index (κ2) is 11.6. The number of aromatic nitrogens is 2. The fourth-order valence-electron chi connectivity index (χ4n) is 4.50. The fraction of sp³-hybridized carbons (Fsp3) is 0.321. The van der Waals surface area contributed by atoms with Crippen LogP contribution in [0.5, 0.6) is 0 Å². The Morgan fingerprint density at radius 1 is 1.13 bits per heavy atom. The summed E-state index contributed by atoms with van der Waals surface area (Å²) < 4.78 is 1.27. The second-order valence-electron chi connectivity index (χ2n) is 9.22. The molecule has 0 aliphatic carbocycles. The van der Waals surface area contributed by atoms with E-state index in [1.165, 1.54) is 17.9 Å². The van der Waals surface area contributed by atoms with Crippen LogP contribution in [0.1, 0.15) is 38.7 Å². The molecule has 1 aliphatic heterocycles. The lowest BCUT2D eigenvalue weighted by molar-refractivity contribution is -0.127. The Labute approximate surface area is 226 Å². The van der Waals surface area contributed by atoms with Gasteiger partial charge in [0.25, 0.3) is 5.56 Å². The Morgan fingerprint density at radius 3 is 2.55 bits per heavy atom. The molecule has 0 atom stereocenters. The van der Waals surface area contributed by atoms with Gasteiger partial charge in [-0.05, 0) is 54.3 Å². The summed E-state index contributed by atoms with van der Waals surface area (Å²) in [4.78, 5) is 48.6. The van der Waals surface area contributed by atoms with Crippen molar-refractivity contribution in [1.29, 1.82) is 0 Å². The maximum absolute atomic E-state index is 13.3. The van der Waals surface area contributed by atoms with Crippen molar-refractivity contribution in [3.8, 4) is 11.1 Å². The SMILES string of the molecule is CCCN(CCC)C(=O)C1=Cc2c(Cl)cc(-c3ccc4c(=O)n(CC(=O)NC)cnc4c3)cc2N=C(N)C1. The first-order chi connectivity index (χ1) is 18.2. The van der Waals surface area contributed by atoms with Crippen LogP contribution in [0.3, 0.4) is 0 Å². The molecule has 3 N–H and O–H groups in total. The number of nitrogens with zero attached hydrogens (tertiary/aromatic N) is 4. The number of amidine groups is 1. The maximum atomic E-state index is 13.3. The number of benzene rings is 2. The lowest BCUT2D eigenvalue weighted by Gasteiger charge is -2.22. The second-order valence-corrected chi connectivity index (χ2v) is 9.62. The van der Waals surface area contributed by atoms with E-state index in [-0.39, 0.29) is 30.3 Å². The number of nitrogens with two attached hydrogens (primary N) is 1. The molecular weight excluding hydrogens is 504 g/mol. The van der Waals surface area contributed by atoms with Gasteiger partial charge in [0.1, 0.15) is 12.4 Å². The molecule has 1 aromatic heterocycles. The van der Waals surface area contributed by atoms with E-state index in [4.69, 9.17) is 17.3 Å². The van der Waals surface area contributed by atoms with Crippen molar-refractivity contribution < 1.29 is 9.59 Å². The van der Waals surface area contributed by atoms with Crippen molar-refractivity contribution in [1.82, 2.24) is 19.8 Å². The smallest absolute Gasteiger partial charge is 0.261 e. The molecule has 3 aromatic rings. The molecule has 2 aromatic carbocycles. The van der Waals surface area contributed by atoms with Crippen LogP contribution in [0, 0.1) is 0 Å². The van der Waals surface area contributed by atoms with Crippen LogP contribution in [0.25, 0.3) is 28.1 Å². The molecule has 0 saturated carbocycles. The minimum atomic E-state index is -0.301. The van der Waals surface area contributed by atoms with E-state index < -0.39 is 0 Å². The van der Waals surface area contributed by atoms with Crippen LogP contribution in [-0.2, 0) is 16.1 Å².